The van der Waals surface area contributed by atoms with Crippen molar-refractivity contribution in [2.45, 2.75) is 49.1 Å². The molecule has 15 heteroatoms. The number of hydrogen-bond acceptors (Lipinski definition) is 9. The molecule has 3 heterocycles. The summed E-state index contributed by atoms with van der Waals surface area (Å²) in [7, 11) is -2.78. The number of rotatable bonds is 9. The Balaban J connectivity index is 1.35. The molecule has 1 aromatic heterocycles. The minimum absolute atomic E-state index is 0.0179. The van der Waals surface area contributed by atoms with Crippen LogP contribution in [0.4, 0.5) is 14.7 Å². The summed E-state index contributed by atoms with van der Waals surface area (Å²) in [6.07, 6.45) is 0.540. The zero-order chi connectivity index (χ0) is 30.9. The summed E-state index contributed by atoms with van der Waals surface area (Å²) in [6.45, 7) is 1.16. The third-order valence-electron chi connectivity index (χ3n) is 7.44. The van der Waals surface area contributed by atoms with Gasteiger partial charge in [-0.2, -0.15) is 4.31 Å². The van der Waals surface area contributed by atoms with Crippen molar-refractivity contribution in [1.82, 2.24) is 19.6 Å². The number of nitrogens with zero attached hydrogens (tertiary/aromatic N) is 3. The molecule has 0 radical (unpaired) electrons. The van der Waals surface area contributed by atoms with E-state index in [0.717, 1.165) is 16.4 Å². The number of aliphatic hydroxyl groups excluding tert-OH is 1. The number of anilines is 1. The maximum Gasteiger partial charge on any atom is 0.244 e. The van der Waals surface area contributed by atoms with Gasteiger partial charge in [0.25, 0.3) is 0 Å². The molecule has 2 aromatic carbocycles. The molecular weight excluding hydrogens is 608 g/mol. The van der Waals surface area contributed by atoms with Gasteiger partial charge in [0.05, 0.1) is 54.2 Å². The topological polar surface area (TPSA) is 143 Å². The highest BCUT2D eigenvalue weighted by molar-refractivity contribution is 7.89. The van der Waals surface area contributed by atoms with Crippen LogP contribution in [0.25, 0.3) is 11.3 Å². The molecule has 5 rings (SSSR count). The van der Waals surface area contributed by atoms with Gasteiger partial charge < -0.3 is 25.2 Å². The van der Waals surface area contributed by atoms with Crippen LogP contribution in [0.15, 0.2) is 47.5 Å². The van der Waals surface area contributed by atoms with Crippen molar-refractivity contribution in [3.8, 4) is 17.0 Å². The summed E-state index contributed by atoms with van der Waals surface area (Å²) in [5, 5.41) is 15.6. The second-order valence-electron chi connectivity index (χ2n) is 10.2. The lowest BCUT2D eigenvalue weighted by Gasteiger charge is -2.26. The van der Waals surface area contributed by atoms with E-state index in [0.29, 0.717) is 24.2 Å². The van der Waals surface area contributed by atoms with Gasteiger partial charge in [-0.3, -0.25) is 4.79 Å². The lowest BCUT2D eigenvalue weighted by molar-refractivity contribution is -0.125. The molecule has 1 saturated heterocycles. The number of aliphatic hydroxyl groups is 1. The fourth-order valence-electron chi connectivity index (χ4n) is 5.03. The van der Waals surface area contributed by atoms with Crippen LogP contribution in [0.3, 0.4) is 0 Å². The van der Waals surface area contributed by atoms with Crippen molar-refractivity contribution in [1.29, 1.82) is 0 Å². The molecule has 0 aliphatic carbocycles. The van der Waals surface area contributed by atoms with E-state index >= 15 is 0 Å². The highest BCUT2D eigenvalue weighted by Gasteiger charge is 2.41. The van der Waals surface area contributed by atoms with E-state index in [2.05, 4.69) is 20.6 Å². The standard InChI is InChI=1S/C28H30ClF2N5O6S/c1-15(27(38)33-24(13-37)18-7-19(30)10-20(8-18)41-2)36-12-17-4-3-16(9-25(17)43(36,39)40)26-21(29)11-32-28(35-26)34-23-5-6-42-14-22(23)31/h3-4,7-11,15,22-24,37H,5-6,12-14H2,1-2H3,(H,33,38)(H,32,34,35)/t15-,22-,23+,24-/m1/s1. The van der Waals surface area contributed by atoms with E-state index in [1.807, 2.05) is 0 Å². The van der Waals surface area contributed by atoms with Crippen LogP contribution in [0.1, 0.15) is 30.5 Å². The highest BCUT2D eigenvalue weighted by Crippen LogP contribution is 2.37. The number of alkyl halides is 1. The molecule has 2 aliphatic heterocycles. The number of aromatic nitrogens is 2. The first-order valence-electron chi connectivity index (χ1n) is 13.4. The molecule has 230 valence electrons. The van der Waals surface area contributed by atoms with E-state index in [1.165, 1.54) is 32.4 Å². The molecule has 4 atom stereocenters. The predicted octanol–water partition coefficient (Wildman–Crippen LogP) is 3.23. The van der Waals surface area contributed by atoms with Gasteiger partial charge in [0, 0.05) is 24.8 Å². The summed E-state index contributed by atoms with van der Waals surface area (Å²) >= 11 is 6.37. The second kappa shape index (κ2) is 12.7. The molecule has 1 amide bonds. The van der Waals surface area contributed by atoms with Gasteiger partial charge in [-0.1, -0.05) is 23.7 Å². The Labute approximate surface area is 252 Å². The van der Waals surface area contributed by atoms with Crippen molar-refractivity contribution < 1.29 is 36.6 Å². The van der Waals surface area contributed by atoms with Crippen molar-refractivity contribution in [3.05, 3.63) is 64.6 Å². The van der Waals surface area contributed by atoms with Crippen LogP contribution in [0.2, 0.25) is 5.02 Å². The first-order chi connectivity index (χ1) is 20.5. The summed E-state index contributed by atoms with van der Waals surface area (Å²) in [6, 6.07) is 5.76. The molecule has 0 saturated carbocycles. The fraction of sp³-hybridized carbons (Fsp3) is 0.393. The average Bonchev–Trinajstić information content (AvgIpc) is 3.26. The van der Waals surface area contributed by atoms with Crippen LogP contribution in [0, 0.1) is 5.82 Å². The SMILES string of the molecule is COc1cc(F)cc([C@@H](CO)NC(=O)[C@@H](C)N2Cc3ccc(-c4nc(N[C@H]5CCOC[C@H]5F)ncc4Cl)cc3S2(=O)=O)c1. The molecule has 43 heavy (non-hydrogen) atoms. The Bertz CT molecular complexity index is 1630. The van der Waals surface area contributed by atoms with Crippen LogP contribution in [-0.2, 0) is 26.1 Å². The van der Waals surface area contributed by atoms with Crippen molar-refractivity contribution in [3.63, 3.8) is 0 Å². The van der Waals surface area contributed by atoms with Gasteiger partial charge in [0.1, 0.15) is 23.8 Å². The molecular formula is C28H30ClF2N5O6S. The molecule has 0 unspecified atom stereocenters. The van der Waals surface area contributed by atoms with Gasteiger partial charge in [-0.25, -0.2) is 27.2 Å². The average molecular weight is 638 g/mol. The number of amides is 1. The van der Waals surface area contributed by atoms with Crippen molar-refractivity contribution in [2.24, 2.45) is 0 Å². The monoisotopic (exact) mass is 637 g/mol. The Kier molecular flexibility index (Phi) is 9.13. The lowest BCUT2D eigenvalue weighted by atomic mass is 10.1. The van der Waals surface area contributed by atoms with E-state index in [1.54, 1.807) is 12.1 Å². The zero-order valence-corrected chi connectivity index (χ0v) is 24.8. The van der Waals surface area contributed by atoms with Gasteiger partial charge >= 0.3 is 0 Å². The first kappa shape index (κ1) is 31.0. The molecule has 1 fully saturated rings. The van der Waals surface area contributed by atoms with Gasteiger partial charge in [-0.15, -0.1) is 0 Å². The summed E-state index contributed by atoms with van der Waals surface area (Å²) in [5.41, 5.74) is 1.36. The molecule has 3 N–H and O–H groups in total. The van der Waals surface area contributed by atoms with Crippen molar-refractivity contribution >= 4 is 33.5 Å². The Morgan fingerprint density at radius 1 is 1.30 bits per heavy atom. The molecule has 3 aromatic rings. The highest BCUT2D eigenvalue weighted by atomic mass is 35.5. The van der Waals surface area contributed by atoms with E-state index < -0.39 is 52.7 Å². The number of methoxy groups -OCH3 is 1. The molecule has 2 aliphatic rings. The van der Waals surface area contributed by atoms with Crippen LogP contribution in [0.5, 0.6) is 5.75 Å². The first-order valence-corrected chi connectivity index (χ1v) is 15.3. The summed E-state index contributed by atoms with van der Waals surface area (Å²) < 4.78 is 66.7. The quantitative estimate of drug-likeness (QED) is 0.322. The molecule has 0 bridgehead atoms. The number of carbonyl (C=O) groups is 1. The van der Waals surface area contributed by atoms with Crippen LogP contribution >= 0.6 is 11.6 Å². The summed E-state index contributed by atoms with van der Waals surface area (Å²) in [5.74, 6) is -0.970. The van der Waals surface area contributed by atoms with Gasteiger partial charge in [0.15, 0.2) is 0 Å². The Morgan fingerprint density at radius 2 is 2.09 bits per heavy atom. The molecule has 0 spiro atoms. The van der Waals surface area contributed by atoms with E-state index in [-0.39, 0.29) is 46.0 Å². The zero-order valence-electron chi connectivity index (χ0n) is 23.3. The van der Waals surface area contributed by atoms with Gasteiger partial charge in [0.2, 0.25) is 21.9 Å². The maximum atomic E-state index is 14.3. The predicted molar refractivity (Wildman–Crippen MR) is 153 cm³/mol. The Morgan fingerprint density at radius 3 is 2.81 bits per heavy atom. The third-order valence-corrected chi connectivity index (χ3v) is 9.72. The van der Waals surface area contributed by atoms with Crippen LogP contribution in [-0.4, -0.2) is 78.9 Å². The number of halogens is 3. The number of sulfonamides is 1. The minimum Gasteiger partial charge on any atom is -0.497 e. The number of ether oxygens (including phenoxy) is 2. The van der Waals surface area contributed by atoms with Crippen molar-refractivity contribution in [2.75, 3.05) is 32.2 Å². The lowest BCUT2D eigenvalue weighted by Crippen LogP contribution is -2.46. The minimum atomic E-state index is -4.13. The van der Waals surface area contributed by atoms with Crippen LogP contribution < -0.4 is 15.4 Å². The second-order valence-corrected chi connectivity index (χ2v) is 12.5. The normalized spacial score (nSPS) is 21.1. The number of carbonyl (C=O) groups excluding carboxylic acids is 1. The number of nitrogens with one attached hydrogen (secondary N) is 2. The number of benzene rings is 2. The maximum absolute atomic E-state index is 14.3. The summed E-state index contributed by atoms with van der Waals surface area (Å²) in [4.78, 5) is 21.7. The number of hydrogen-bond donors (Lipinski definition) is 3. The Hall–Kier alpha value is -3.43. The molecule has 11 nitrogen and oxygen atoms in total. The fourth-order valence-corrected chi connectivity index (χ4v) is 7.04. The van der Waals surface area contributed by atoms with E-state index in [4.69, 9.17) is 21.1 Å². The third kappa shape index (κ3) is 6.43. The largest absolute Gasteiger partial charge is 0.497 e. The smallest absolute Gasteiger partial charge is 0.244 e. The van der Waals surface area contributed by atoms with E-state index in [9.17, 15) is 27.1 Å². The number of fused-ring (bicyclic) bond motifs is 1. The van der Waals surface area contributed by atoms with Gasteiger partial charge in [-0.05, 0) is 42.7 Å².